The van der Waals surface area contributed by atoms with Gasteiger partial charge >= 0.3 is 5.97 Å². The van der Waals surface area contributed by atoms with Crippen molar-refractivity contribution in [3.63, 3.8) is 0 Å². The largest absolute Gasteiger partial charge is 0.480 e. The third-order valence-corrected chi connectivity index (χ3v) is 3.91. The van der Waals surface area contributed by atoms with Crippen LogP contribution in [0.5, 0.6) is 0 Å². The molecule has 0 aromatic carbocycles. The molecule has 0 spiro atoms. The van der Waals surface area contributed by atoms with Crippen molar-refractivity contribution in [2.24, 2.45) is 0 Å². The minimum absolute atomic E-state index is 0.272. The van der Waals surface area contributed by atoms with Gasteiger partial charge in [0.05, 0.1) is 11.5 Å². The van der Waals surface area contributed by atoms with Gasteiger partial charge in [0.25, 0.3) is 0 Å². The highest BCUT2D eigenvalue weighted by atomic mass is 32.2. The highest BCUT2D eigenvalue weighted by Crippen LogP contribution is 2.24. The predicted molar refractivity (Wildman–Crippen MR) is 60.5 cm³/mol. The van der Waals surface area contributed by atoms with Crippen molar-refractivity contribution in [2.75, 3.05) is 5.75 Å². The number of aliphatic hydroxyl groups is 4. The summed E-state index contributed by atoms with van der Waals surface area (Å²) in [4.78, 5) is 10.7. The van der Waals surface area contributed by atoms with Crippen LogP contribution in [0.3, 0.4) is 0 Å². The third-order valence-electron chi connectivity index (χ3n) is 2.61. The van der Waals surface area contributed by atoms with Crippen LogP contribution >= 0.6 is 11.8 Å². The van der Waals surface area contributed by atoms with Gasteiger partial charge < -0.3 is 25.5 Å². The van der Waals surface area contributed by atoms with Crippen molar-refractivity contribution in [3.8, 4) is 0 Å². The first-order valence-electron chi connectivity index (χ1n) is 5.17. The summed E-state index contributed by atoms with van der Waals surface area (Å²) in [5.74, 6) is -0.757. The van der Waals surface area contributed by atoms with Gasteiger partial charge in [0.1, 0.15) is 24.4 Å². The molecule has 1 aliphatic heterocycles. The van der Waals surface area contributed by atoms with E-state index in [1.54, 1.807) is 0 Å². The summed E-state index contributed by atoms with van der Waals surface area (Å²) in [6, 6.07) is -0.782. The molecule has 17 heavy (non-hydrogen) atoms. The Bertz CT molecular complexity index is 276. The molecule has 7 nitrogen and oxygen atoms in total. The average Bonchev–Trinajstić information content (AvgIpc) is 2.75. The molecule has 0 aromatic rings. The fourth-order valence-electron chi connectivity index (χ4n) is 1.50. The highest BCUT2D eigenvalue weighted by Gasteiger charge is 2.39. The molecule has 1 saturated heterocycles. The zero-order valence-electron chi connectivity index (χ0n) is 9.22. The Labute approximate surface area is 102 Å². The number of thioether (sulfide) groups is 1. The third kappa shape index (κ3) is 3.54. The monoisotopic (exact) mass is 267 g/mol. The molecule has 1 heterocycles. The van der Waals surface area contributed by atoms with E-state index in [4.69, 9.17) is 10.2 Å². The van der Waals surface area contributed by atoms with Crippen LogP contribution in [0.4, 0.5) is 0 Å². The summed E-state index contributed by atoms with van der Waals surface area (Å²) in [5.41, 5.74) is 0. The Kier molecular flexibility index (Phi) is 5.17. The molecule has 8 heteroatoms. The average molecular weight is 267 g/mol. The van der Waals surface area contributed by atoms with Crippen molar-refractivity contribution >= 4 is 17.7 Å². The number of hydrogen-bond donors (Lipinski definition) is 6. The summed E-state index contributed by atoms with van der Waals surface area (Å²) >= 11 is 1.15. The first-order valence-corrected chi connectivity index (χ1v) is 6.22. The topological polar surface area (TPSA) is 130 Å². The van der Waals surface area contributed by atoms with Gasteiger partial charge in [-0.25, -0.2) is 0 Å². The minimum atomic E-state index is -1.53. The van der Waals surface area contributed by atoms with Crippen molar-refractivity contribution in [3.05, 3.63) is 0 Å². The summed E-state index contributed by atoms with van der Waals surface area (Å²) in [6.45, 7) is 1.29. The maximum absolute atomic E-state index is 10.7. The van der Waals surface area contributed by atoms with Crippen LogP contribution in [-0.2, 0) is 4.79 Å². The van der Waals surface area contributed by atoms with Gasteiger partial charge in [-0.2, -0.15) is 0 Å². The van der Waals surface area contributed by atoms with Crippen molar-refractivity contribution in [2.45, 2.75) is 42.8 Å². The number of hydrogen-bond acceptors (Lipinski definition) is 7. The zero-order chi connectivity index (χ0) is 13.2. The van der Waals surface area contributed by atoms with E-state index in [1.165, 1.54) is 6.92 Å². The predicted octanol–water partition coefficient (Wildman–Crippen LogP) is -2.43. The maximum atomic E-state index is 10.7. The van der Waals surface area contributed by atoms with Crippen molar-refractivity contribution in [1.82, 2.24) is 5.32 Å². The van der Waals surface area contributed by atoms with Crippen LogP contribution < -0.4 is 5.32 Å². The normalized spacial score (nSPS) is 31.8. The lowest BCUT2D eigenvalue weighted by molar-refractivity contribution is -0.139. The molecule has 6 atom stereocenters. The molecule has 6 unspecified atom stereocenters. The second-order valence-corrected chi connectivity index (χ2v) is 5.20. The van der Waals surface area contributed by atoms with Gasteiger partial charge in [0.2, 0.25) is 0 Å². The second-order valence-electron chi connectivity index (χ2n) is 4.02. The molecular weight excluding hydrogens is 250 g/mol. The number of nitrogens with one attached hydrogen (secondary N) is 1. The highest BCUT2D eigenvalue weighted by molar-refractivity contribution is 8.00. The summed E-state index contributed by atoms with van der Waals surface area (Å²) in [7, 11) is 0. The van der Waals surface area contributed by atoms with Crippen LogP contribution in [0, 0.1) is 0 Å². The quantitative estimate of drug-likeness (QED) is 0.324. The van der Waals surface area contributed by atoms with E-state index >= 15 is 0 Å². The standard InChI is InChI=1S/C9H17NO6S/c1-3(11)5(12)6(13)7(14)8-10-4(2-17-8)9(15)16/h3-8,10-14H,2H2,1H3,(H,15,16). The van der Waals surface area contributed by atoms with E-state index in [0.717, 1.165) is 11.8 Å². The fourth-order valence-corrected chi connectivity index (χ4v) is 2.76. The molecule has 0 radical (unpaired) electrons. The summed E-state index contributed by atoms with van der Waals surface area (Å²) in [6.07, 6.45) is -5.54. The van der Waals surface area contributed by atoms with Gasteiger partial charge in [-0.15, -0.1) is 11.8 Å². The molecule has 1 fully saturated rings. The van der Waals surface area contributed by atoms with Gasteiger partial charge in [0, 0.05) is 5.75 Å². The number of rotatable bonds is 5. The summed E-state index contributed by atoms with van der Waals surface area (Å²) in [5, 5.41) is 48.5. The first-order chi connectivity index (χ1) is 7.84. The van der Waals surface area contributed by atoms with Gasteiger partial charge in [-0.3, -0.25) is 10.1 Å². The Morgan fingerprint density at radius 3 is 2.29 bits per heavy atom. The molecule has 100 valence electrons. The zero-order valence-corrected chi connectivity index (χ0v) is 10.0. The molecule has 0 amide bonds. The lowest BCUT2D eigenvalue weighted by Gasteiger charge is -2.28. The fraction of sp³-hybridized carbons (Fsp3) is 0.889. The smallest absolute Gasteiger partial charge is 0.321 e. The lowest BCUT2D eigenvalue weighted by Crippen LogP contribution is -2.51. The van der Waals surface area contributed by atoms with E-state index in [2.05, 4.69) is 5.32 Å². The maximum Gasteiger partial charge on any atom is 0.321 e. The van der Waals surface area contributed by atoms with E-state index in [9.17, 15) is 20.1 Å². The van der Waals surface area contributed by atoms with Gasteiger partial charge in [-0.05, 0) is 6.92 Å². The Balaban J connectivity index is 2.54. The van der Waals surface area contributed by atoms with Crippen LogP contribution in [0.2, 0.25) is 0 Å². The molecule has 6 N–H and O–H groups in total. The molecular formula is C9H17NO6S. The molecule has 0 bridgehead atoms. The van der Waals surface area contributed by atoms with Crippen LogP contribution in [0.15, 0.2) is 0 Å². The number of aliphatic hydroxyl groups excluding tert-OH is 4. The van der Waals surface area contributed by atoms with Crippen molar-refractivity contribution in [1.29, 1.82) is 0 Å². The van der Waals surface area contributed by atoms with Crippen LogP contribution in [0.1, 0.15) is 6.92 Å². The number of carboxylic acid groups (broad SMARTS) is 1. The minimum Gasteiger partial charge on any atom is -0.480 e. The van der Waals surface area contributed by atoms with E-state index in [0.29, 0.717) is 0 Å². The number of aliphatic carboxylic acids is 1. The Hall–Kier alpha value is -0.380. The van der Waals surface area contributed by atoms with E-state index < -0.39 is 41.8 Å². The number of carbonyl (C=O) groups is 1. The van der Waals surface area contributed by atoms with E-state index in [-0.39, 0.29) is 5.75 Å². The first kappa shape index (κ1) is 14.7. The molecule has 0 aromatic heterocycles. The summed E-state index contributed by atoms with van der Waals surface area (Å²) < 4.78 is 0. The second kappa shape index (κ2) is 5.98. The Morgan fingerprint density at radius 1 is 1.29 bits per heavy atom. The van der Waals surface area contributed by atoms with Gasteiger partial charge in [-0.1, -0.05) is 0 Å². The van der Waals surface area contributed by atoms with Gasteiger partial charge in [0.15, 0.2) is 0 Å². The SMILES string of the molecule is CC(O)C(O)C(O)C(O)C1NC(C(=O)O)CS1. The van der Waals surface area contributed by atoms with Crippen LogP contribution in [-0.4, -0.2) is 73.1 Å². The number of carboxylic acids is 1. The molecule has 1 aliphatic rings. The lowest BCUT2D eigenvalue weighted by atomic mass is 10.0. The molecule has 1 rings (SSSR count). The van der Waals surface area contributed by atoms with Crippen molar-refractivity contribution < 1.29 is 30.3 Å². The molecule has 0 saturated carbocycles. The molecule has 0 aliphatic carbocycles. The van der Waals surface area contributed by atoms with Crippen LogP contribution in [0.25, 0.3) is 0 Å². The van der Waals surface area contributed by atoms with E-state index in [1.807, 2.05) is 0 Å². The Morgan fingerprint density at radius 2 is 1.88 bits per heavy atom.